The van der Waals surface area contributed by atoms with Crippen LogP contribution in [0.4, 0.5) is 11.4 Å². The number of amides is 2. The van der Waals surface area contributed by atoms with Crippen molar-refractivity contribution in [1.82, 2.24) is 14.7 Å². The smallest absolute Gasteiger partial charge is 0.338 e. The highest BCUT2D eigenvalue weighted by Crippen LogP contribution is 2.30. The number of esters is 1. The third-order valence-corrected chi connectivity index (χ3v) is 8.69. The molecule has 11 heteroatoms. The van der Waals surface area contributed by atoms with Crippen LogP contribution in [0.1, 0.15) is 35.7 Å². The Bertz CT molecular complexity index is 1510. The molecular weight excluding hydrogens is 602 g/mol. The highest BCUT2D eigenvalue weighted by molar-refractivity contribution is 7.80. The second kappa shape index (κ2) is 15.8. The average molecular weight is 644 g/mol. The standard InChI is InChI=1S/C35H41N5O5S/c1-3-45-34(43)27-13-15-28(16-14-27)36-32(41)24-31-33(42)40(29-11-7-12-30(23-29)44-2)35(46)39(31)18-8-17-37-19-21-38(22-20-37)25-26-9-5-4-6-10-26/h4-7,9-16,23,31H,3,8,17-22,24-25H2,1-2H3,(H,36,41)/t31-/m0/s1. The average Bonchev–Trinajstić information content (AvgIpc) is 3.30. The van der Waals surface area contributed by atoms with Gasteiger partial charge in [0.25, 0.3) is 5.91 Å². The summed E-state index contributed by atoms with van der Waals surface area (Å²) in [6.45, 7) is 8.36. The van der Waals surface area contributed by atoms with Crippen LogP contribution in [0.25, 0.3) is 0 Å². The molecule has 2 aliphatic rings. The van der Waals surface area contributed by atoms with Gasteiger partial charge in [-0.2, -0.15) is 0 Å². The van der Waals surface area contributed by atoms with E-state index >= 15 is 0 Å². The van der Waals surface area contributed by atoms with Gasteiger partial charge in [-0.15, -0.1) is 0 Å². The molecule has 3 aromatic rings. The van der Waals surface area contributed by atoms with Gasteiger partial charge in [-0.1, -0.05) is 36.4 Å². The van der Waals surface area contributed by atoms with Gasteiger partial charge in [-0.25, -0.2) is 4.79 Å². The number of nitrogens with one attached hydrogen (secondary N) is 1. The summed E-state index contributed by atoms with van der Waals surface area (Å²) in [5.41, 5.74) is 2.85. The molecule has 5 rings (SSSR count). The number of piperazine rings is 1. The second-order valence-electron chi connectivity index (χ2n) is 11.4. The largest absolute Gasteiger partial charge is 0.497 e. The Labute approximate surface area is 275 Å². The van der Waals surface area contributed by atoms with E-state index < -0.39 is 12.0 Å². The summed E-state index contributed by atoms with van der Waals surface area (Å²) in [5, 5.41) is 3.24. The molecule has 2 aliphatic heterocycles. The predicted octanol–water partition coefficient (Wildman–Crippen LogP) is 4.41. The Morgan fingerprint density at radius 3 is 2.33 bits per heavy atom. The molecule has 3 aromatic carbocycles. The Balaban J connectivity index is 1.21. The second-order valence-corrected chi connectivity index (χ2v) is 11.7. The molecule has 2 heterocycles. The molecule has 0 saturated carbocycles. The van der Waals surface area contributed by atoms with E-state index in [4.69, 9.17) is 21.7 Å². The van der Waals surface area contributed by atoms with E-state index in [2.05, 4.69) is 39.4 Å². The van der Waals surface area contributed by atoms with E-state index in [1.165, 1.54) is 10.5 Å². The molecule has 2 amide bonds. The normalized spacial score (nSPS) is 17.3. The zero-order valence-corrected chi connectivity index (χ0v) is 27.2. The molecule has 0 spiro atoms. The van der Waals surface area contributed by atoms with Crippen LogP contribution in [-0.2, 0) is 20.9 Å². The number of carbonyl (C=O) groups is 3. The molecule has 46 heavy (non-hydrogen) atoms. The van der Waals surface area contributed by atoms with Crippen LogP contribution < -0.4 is 15.0 Å². The van der Waals surface area contributed by atoms with Crippen molar-refractivity contribution in [2.75, 3.05) is 63.2 Å². The molecule has 0 unspecified atom stereocenters. The number of anilines is 2. The lowest BCUT2D eigenvalue weighted by molar-refractivity contribution is -0.124. The lowest BCUT2D eigenvalue weighted by Gasteiger charge is -2.35. The van der Waals surface area contributed by atoms with Crippen LogP contribution in [-0.4, -0.2) is 96.6 Å². The van der Waals surface area contributed by atoms with Gasteiger partial charge in [0, 0.05) is 51.0 Å². The van der Waals surface area contributed by atoms with Crippen molar-refractivity contribution in [3.63, 3.8) is 0 Å². The van der Waals surface area contributed by atoms with Gasteiger partial charge >= 0.3 is 5.97 Å². The molecule has 2 saturated heterocycles. The minimum Gasteiger partial charge on any atom is -0.497 e. The van der Waals surface area contributed by atoms with Crippen LogP contribution in [0.3, 0.4) is 0 Å². The zero-order chi connectivity index (χ0) is 32.5. The lowest BCUT2D eigenvalue weighted by Crippen LogP contribution is -2.47. The predicted molar refractivity (Wildman–Crippen MR) is 182 cm³/mol. The zero-order valence-electron chi connectivity index (χ0n) is 26.4. The van der Waals surface area contributed by atoms with E-state index in [9.17, 15) is 14.4 Å². The number of benzene rings is 3. The summed E-state index contributed by atoms with van der Waals surface area (Å²) in [6.07, 6.45) is 0.725. The van der Waals surface area contributed by atoms with Gasteiger partial charge in [0.1, 0.15) is 11.8 Å². The summed E-state index contributed by atoms with van der Waals surface area (Å²) in [4.78, 5) is 47.4. The molecule has 0 bridgehead atoms. The molecule has 0 aromatic heterocycles. The van der Waals surface area contributed by atoms with Crippen molar-refractivity contribution < 1.29 is 23.9 Å². The first kappa shape index (κ1) is 33.1. The van der Waals surface area contributed by atoms with Crippen LogP contribution >= 0.6 is 12.2 Å². The van der Waals surface area contributed by atoms with Crippen LogP contribution in [0, 0.1) is 0 Å². The van der Waals surface area contributed by atoms with Gasteiger partial charge in [0.05, 0.1) is 31.4 Å². The minimum absolute atomic E-state index is 0.0722. The third-order valence-electron chi connectivity index (χ3n) is 8.28. The number of nitrogens with zero attached hydrogens (tertiary/aromatic N) is 4. The first-order valence-corrected chi connectivity index (χ1v) is 16.1. The number of hydrogen-bond acceptors (Lipinski definition) is 8. The van der Waals surface area contributed by atoms with E-state index in [0.29, 0.717) is 34.3 Å². The van der Waals surface area contributed by atoms with Gasteiger partial charge in [-0.3, -0.25) is 19.4 Å². The summed E-state index contributed by atoms with van der Waals surface area (Å²) in [6, 6.07) is 23.5. The quantitative estimate of drug-likeness (QED) is 0.215. The van der Waals surface area contributed by atoms with Gasteiger partial charge in [-0.05, 0) is 74.1 Å². The fourth-order valence-corrected chi connectivity index (χ4v) is 6.26. The summed E-state index contributed by atoms with van der Waals surface area (Å²) >= 11 is 5.86. The highest BCUT2D eigenvalue weighted by Gasteiger charge is 2.44. The number of methoxy groups -OCH3 is 1. The van der Waals surface area contributed by atoms with Gasteiger partial charge < -0.3 is 24.6 Å². The minimum atomic E-state index is -0.750. The fraction of sp³-hybridized carbons (Fsp3) is 0.371. The fourth-order valence-electron chi connectivity index (χ4n) is 5.84. The van der Waals surface area contributed by atoms with Crippen molar-refractivity contribution in [2.45, 2.75) is 32.4 Å². The molecule has 0 aliphatic carbocycles. The summed E-state index contributed by atoms with van der Waals surface area (Å²) in [7, 11) is 1.57. The maximum absolute atomic E-state index is 13.9. The van der Waals surface area contributed by atoms with Crippen molar-refractivity contribution in [3.05, 3.63) is 90.0 Å². The van der Waals surface area contributed by atoms with Crippen LogP contribution in [0.15, 0.2) is 78.9 Å². The van der Waals surface area contributed by atoms with E-state index in [0.717, 1.165) is 45.7 Å². The summed E-state index contributed by atoms with van der Waals surface area (Å²) < 4.78 is 10.4. The molecule has 1 N–H and O–H groups in total. The van der Waals surface area contributed by atoms with Crippen molar-refractivity contribution in [1.29, 1.82) is 0 Å². The maximum Gasteiger partial charge on any atom is 0.338 e. The Hall–Kier alpha value is -4.32. The Morgan fingerprint density at radius 1 is 0.913 bits per heavy atom. The van der Waals surface area contributed by atoms with Crippen LogP contribution in [0.5, 0.6) is 5.75 Å². The van der Waals surface area contributed by atoms with Gasteiger partial charge in [0.2, 0.25) is 5.91 Å². The molecule has 10 nitrogen and oxygen atoms in total. The van der Waals surface area contributed by atoms with E-state index in [-0.39, 0.29) is 24.8 Å². The van der Waals surface area contributed by atoms with E-state index in [1.54, 1.807) is 44.4 Å². The van der Waals surface area contributed by atoms with Gasteiger partial charge in [0.15, 0.2) is 5.11 Å². The number of rotatable bonds is 13. The van der Waals surface area contributed by atoms with Crippen molar-refractivity contribution >= 4 is 46.5 Å². The van der Waals surface area contributed by atoms with Crippen LogP contribution in [0.2, 0.25) is 0 Å². The topological polar surface area (TPSA) is 94.7 Å². The third kappa shape index (κ3) is 8.28. The number of carbonyl (C=O) groups excluding carboxylic acids is 3. The van der Waals surface area contributed by atoms with Crippen molar-refractivity contribution in [2.24, 2.45) is 0 Å². The number of thiocarbonyl (C=S) groups is 1. The maximum atomic E-state index is 13.9. The molecule has 1 atom stereocenters. The summed E-state index contributed by atoms with van der Waals surface area (Å²) in [5.74, 6) is -0.385. The number of ether oxygens (including phenoxy) is 2. The molecular formula is C35H41N5O5S. The van der Waals surface area contributed by atoms with E-state index in [1.807, 2.05) is 29.2 Å². The molecule has 0 radical (unpaired) electrons. The first-order valence-electron chi connectivity index (χ1n) is 15.7. The molecule has 2 fully saturated rings. The SMILES string of the molecule is CCOC(=O)c1ccc(NC(=O)C[C@H]2C(=O)N(c3cccc(OC)c3)C(=S)N2CCCN2CCN(Cc3ccccc3)CC2)cc1. The highest BCUT2D eigenvalue weighted by atomic mass is 32.1. The Morgan fingerprint density at radius 2 is 1.63 bits per heavy atom. The van der Waals surface area contributed by atoms with Crippen molar-refractivity contribution in [3.8, 4) is 5.75 Å². The first-order chi connectivity index (χ1) is 22.4. The monoisotopic (exact) mass is 643 g/mol. The number of hydrogen-bond donors (Lipinski definition) is 1. The Kier molecular flexibility index (Phi) is 11.4. The molecule has 242 valence electrons. The lowest BCUT2D eigenvalue weighted by atomic mass is 10.1.